The van der Waals surface area contributed by atoms with Gasteiger partial charge in [-0.05, 0) is 69.5 Å². The minimum Gasteiger partial charge on any atom is -0.467 e. The second kappa shape index (κ2) is 10.9. The summed E-state index contributed by atoms with van der Waals surface area (Å²) in [6.07, 6.45) is 1.40. The summed E-state index contributed by atoms with van der Waals surface area (Å²) in [5, 5.41) is 1.50. The molecule has 8 nitrogen and oxygen atoms in total. The number of esters is 1. The molecule has 11 heteroatoms. The summed E-state index contributed by atoms with van der Waals surface area (Å²) in [5.74, 6) is -0.351. The largest absolute Gasteiger partial charge is 0.467 e. The molecule has 1 aliphatic rings. The fourth-order valence-electron chi connectivity index (χ4n) is 5.44. The van der Waals surface area contributed by atoms with Crippen LogP contribution in [-0.4, -0.2) is 46.4 Å². The first-order chi connectivity index (χ1) is 19.4. The summed E-state index contributed by atoms with van der Waals surface area (Å²) in [4.78, 5) is 24.0. The van der Waals surface area contributed by atoms with Crippen molar-refractivity contribution in [2.24, 2.45) is 0 Å². The number of carbonyl (C=O) groups excluding carboxylic acids is 1. The van der Waals surface area contributed by atoms with Crippen LogP contribution in [0.1, 0.15) is 43.7 Å². The fraction of sp³-hybridized carbons (Fsp3) is 0.367. The van der Waals surface area contributed by atoms with Crippen molar-refractivity contribution in [3.63, 3.8) is 0 Å². The zero-order valence-corrected chi connectivity index (χ0v) is 24.4. The third-order valence-corrected chi connectivity index (χ3v) is 7.26. The van der Waals surface area contributed by atoms with Crippen LogP contribution in [0.5, 0.6) is 5.75 Å². The van der Waals surface area contributed by atoms with Crippen molar-refractivity contribution in [3.8, 4) is 16.9 Å². The molecule has 0 unspecified atom stereocenters. The Morgan fingerprint density at radius 1 is 1.07 bits per heavy atom. The predicted octanol–water partition coefficient (Wildman–Crippen LogP) is 7.15. The number of anilines is 2. The first-order valence-electron chi connectivity index (χ1n) is 13.1. The van der Waals surface area contributed by atoms with Gasteiger partial charge in [-0.2, -0.15) is 8.78 Å². The highest BCUT2D eigenvalue weighted by Gasteiger charge is 2.37. The first-order valence-corrected chi connectivity index (χ1v) is 13.5. The van der Waals surface area contributed by atoms with Crippen molar-refractivity contribution in [3.05, 3.63) is 64.6 Å². The van der Waals surface area contributed by atoms with Crippen molar-refractivity contribution in [2.45, 2.75) is 59.5 Å². The Balaban J connectivity index is 1.83. The number of alkyl halides is 2. The molecule has 0 radical (unpaired) electrons. The molecule has 0 fully saturated rings. The van der Waals surface area contributed by atoms with Gasteiger partial charge in [0.05, 0.1) is 36.3 Å². The maximum Gasteiger partial charge on any atom is 0.387 e. The number of carbonyl (C=O) groups is 1. The van der Waals surface area contributed by atoms with Crippen molar-refractivity contribution in [2.75, 3.05) is 18.6 Å². The summed E-state index contributed by atoms with van der Waals surface area (Å²) < 4.78 is 43.8. The van der Waals surface area contributed by atoms with E-state index in [2.05, 4.69) is 25.3 Å². The second-order valence-electron chi connectivity index (χ2n) is 10.9. The molecule has 5 rings (SSSR count). The number of benzene rings is 2. The Labute approximate surface area is 241 Å². The average Bonchev–Trinajstić information content (AvgIpc) is 3.25. The Morgan fingerprint density at radius 3 is 2.32 bits per heavy atom. The summed E-state index contributed by atoms with van der Waals surface area (Å²) >= 11 is 6.25. The van der Waals surface area contributed by atoms with Crippen LogP contribution < -0.4 is 9.64 Å². The van der Waals surface area contributed by atoms with E-state index in [0.717, 1.165) is 39.0 Å². The Bertz CT molecular complexity index is 1600. The number of nitrogens with zero attached hydrogens (tertiary/aromatic N) is 4. The smallest absolute Gasteiger partial charge is 0.387 e. The number of halogens is 3. The van der Waals surface area contributed by atoms with Crippen molar-refractivity contribution >= 4 is 40.1 Å². The van der Waals surface area contributed by atoms with Crippen LogP contribution in [0.15, 0.2) is 42.7 Å². The average molecular weight is 585 g/mol. The summed E-state index contributed by atoms with van der Waals surface area (Å²) in [5.41, 5.74) is 5.22. The number of rotatable bonds is 7. The lowest BCUT2D eigenvalue weighted by Gasteiger charge is -2.35. The molecule has 0 aliphatic carbocycles. The number of aromatic nitrogens is 3. The van der Waals surface area contributed by atoms with Gasteiger partial charge >= 0.3 is 12.6 Å². The maximum absolute atomic E-state index is 13.4. The quantitative estimate of drug-likeness (QED) is 0.213. The molecule has 0 saturated carbocycles. The van der Waals surface area contributed by atoms with E-state index in [0.29, 0.717) is 29.6 Å². The van der Waals surface area contributed by atoms with Crippen molar-refractivity contribution < 1.29 is 27.8 Å². The van der Waals surface area contributed by atoms with Gasteiger partial charge in [0.25, 0.3) is 0 Å². The van der Waals surface area contributed by atoms with Crippen LogP contribution in [0.4, 0.5) is 20.4 Å². The highest BCUT2D eigenvalue weighted by molar-refractivity contribution is 6.30. The molecule has 2 aromatic carbocycles. The van der Waals surface area contributed by atoms with Crippen LogP contribution >= 0.6 is 11.6 Å². The number of hydrogen-bond acceptors (Lipinski definition) is 7. The molecule has 0 spiro atoms. The van der Waals surface area contributed by atoms with Crippen LogP contribution in [0.2, 0.25) is 5.02 Å². The Morgan fingerprint density at radius 2 is 1.73 bits per heavy atom. The third kappa shape index (κ3) is 5.46. The zero-order valence-electron chi connectivity index (χ0n) is 23.7. The summed E-state index contributed by atoms with van der Waals surface area (Å²) in [6, 6.07) is 9.57. The third-order valence-electron chi connectivity index (χ3n) is 7.01. The van der Waals surface area contributed by atoms with E-state index in [4.69, 9.17) is 21.1 Å². The van der Waals surface area contributed by atoms with Crippen LogP contribution in [0.3, 0.4) is 0 Å². The normalized spacial score (nSPS) is 14.0. The Hall–Kier alpha value is -3.76. The van der Waals surface area contributed by atoms with Crippen molar-refractivity contribution in [1.82, 2.24) is 14.5 Å². The lowest BCUT2D eigenvalue weighted by Crippen LogP contribution is -2.32. The molecule has 0 bridgehead atoms. The molecule has 0 N–H and O–H groups in total. The van der Waals surface area contributed by atoms with Gasteiger partial charge in [-0.15, -0.1) is 0 Å². The van der Waals surface area contributed by atoms with Crippen LogP contribution in [0, 0.1) is 13.8 Å². The predicted molar refractivity (Wildman–Crippen MR) is 153 cm³/mol. The first kappa shape index (κ1) is 28.8. The van der Waals surface area contributed by atoms with Gasteiger partial charge in [-0.25, -0.2) is 14.8 Å². The Kier molecular flexibility index (Phi) is 7.65. The molecule has 1 atom stereocenters. The van der Waals surface area contributed by atoms with Crippen molar-refractivity contribution in [1.29, 1.82) is 0 Å². The van der Waals surface area contributed by atoms with E-state index >= 15 is 0 Å². The van der Waals surface area contributed by atoms with Gasteiger partial charge < -0.3 is 23.7 Å². The van der Waals surface area contributed by atoms with Crippen LogP contribution in [-0.2, 0) is 20.8 Å². The van der Waals surface area contributed by atoms with Gasteiger partial charge in [-0.1, -0.05) is 23.7 Å². The standard InChI is InChI=1S/C30H31ClF2N4O4/c1-16-13-21-23(18-7-9-19(31)10-8-18)22(26(27(38)39-6)41-30(3,4)5)17(2)24-25(21)36(16)11-12-37(24)29-34-14-20(15-35-29)40-28(32)33/h7-10,13-15,26,28H,11-12H2,1-6H3/t26-/m0/s1. The van der Waals surface area contributed by atoms with Gasteiger partial charge in [0.1, 0.15) is 0 Å². The molecule has 216 valence electrons. The van der Waals surface area contributed by atoms with E-state index in [9.17, 15) is 13.6 Å². The fourth-order valence-corrected chi connectivity index (χ4v) is 5.57. The SMILES string of the molecule is COC(=O)[C@@H](OC(C)(C)C)c1c(C)c2c3c(cc(C)n3CCN2c2ncc(OC(F)F)cn2)c1-c1ccc(Cl)cc1. The number of hydrogen-bond donors (Lipinski definition) is 0. The van der Waals surface area contributed by atoms with Crippen LogP contribution in [0.25, 0.3) is 22.0 Å². The molecular formula is C30H31ClF2N4O4. The minimum atomic E-state index is -2.98. The summed E-state index contributed by atoms with van der Waals surface area (Å²) in [6.45, 7) is 7.79. The molecule has 0 saturated heterocycles. The van der Waals surface area contributed by atoms with Gasteiger partial charge in [0.2, 0.25) is 5.95 Å². The topological polar surface area (TPSA) is 78.7 Å². The number of methoxy groups -OCH3 is 1. The molecule has 3 heterocycles. The van der Waals surface area contributed by atoms with E-state index in [-0.39, 0.29) is 5.75 Å². The minimum absolute atomic E-state index is 0.134. The van der Waals surface area contributed by atoms with E-state index in [1.54, 1.807) is 0 Å². The van der Waals surface area contributed by atoms with Gasteiger partial charge in [0, 0.05) is 34.8 Å². The van der Waals surface area contributed by atoms with E-state index in [1.807, 2.05) is 63.8 Å². The molecule has 2 aromatic heterocycles. The molecule has 41 heavy (non-hydrogen) atoms. The maximum atomic E-state index is 13.4. The summed E-state index contributed by atoms with van der Waals surface area (Å²) in [7, 11) is 1.34. The zero-order chi connectivity index (χ0) is 29.6. The highest BCUT2D eigenvalue weighted by Crippen LogP contribution is 2.49. The lowest BCUT2D eigenvalue weighted by atomic mass is 9.87. The monoisotopic (exact) mass is 584 g/mol. The highest BCUT2D eigenvalue weighted by atomic mass is 35.5. The number of aryl methyl sites for hydroxylation is 1. The van der Waals surface area contributed by atoms with E-state index in [1.165, 1.54) is 19.5 Å². The molecular weight excluding hydrogens is 554 g/mol. The molecule has 1 aliphatic heterocycles. The number of ether oxygens (including phenoxy) is 3. The molecule has 4 aromatic rings. The van der Waals surface area contributed by atoms with E-state index < -0.39 is 24.3 Å². The van der Waals surface area contributed by atoms with Gasteiger partial charge in [0.15, 0.2) is 11.9 Å². The van der Waals surface area contributed by atoms with Gasteiger partial charge in [-0.3, -0.25) is 0 Å². The lowest BCUT2D eigenvalue weighted by molar-refractivity contribution is -0.164. The molecule has 0 amide bonds. The second-order valence-corrected chi connectivity index (χ2v) is 11.3.